The largest absolute Gasteiger partial charge is 0.501 e. The van der Waals surface area contributed by atoms with Crippen LogP contribution in [-0.4, -0.2) is 239 Å². The molecule has 9 heterocycles. The maximum Gasteiger partial charge on any atom is 0.119 e. The van der Waals surface area contributed by atoms with Gasteiger partial charge < -0.3 is 58.6 Å². The minimum absolute atomic E-state index is 0.266. The highest BCUT2D eigenvalue weighted by Gasteiger charge is 2.23. The number of aliphatic hydroxyl groups excluding tert-OH is 1. The van der Waals surface area contributed by atoms with Gasteiger partial charge >= 0.3 is 0 Å². The van der Waals surface area contributed by atoms with Crippen LogP contribution in [0.2, 0.25) is 0 Å². The maximum absolute atomic E-state index is 8.90. The van der Waals surface area contributed by atoms with Crippen LogP contribution in [0, 0.1) is 53.3 Å². The fraction of sp³-hybridized carbons (Fsp3) is 0.782. The van der Waals surface area contributed by atoms with Gasteiger partial charge in [-0.2, -0.15) is 0 Å². The SMILES string of the molecule is CC(C)C1=CCOCC1.CC(C)C1C=COCC1.CC(C)C1CCOCC1.CC(C)Cc1ccccc1.CC(C)N1CCC(CO)CC1.CC(C)N1CCCCC1.CC(C)N1CCN(C)CC1.CC(C)N1CCOCC1.CC(C)Nc1ccccc1.CC(C)Oc1ccccc1.CC1CCN(C(C)C)C1.CC1CCN(C(C)C)CC1. The summed E-state index contributed by atoms with van der Waals surface area (Å²) in [6, 6.07) is 35.6. The summed E-state index contributed by atoms with van der Waals surface area (Å²) in [6.45, 7) is 82.5. The van der Waals surface area contributed by atoms with Crippen LogP contribution in [0.3, 0.4) is 0 Å². The molecule has 3 aromatic carbocycles. The van der Waals surface area contributed by atoms with Crippen molar-refractivity contribution in [3.8, 4) is 5.75 Å². The van der Waals surface area contributed by atoms with Gasteiger partial charge in [-0.05, 0) is 330 Å². The van der Waals surface area contributed by atoms with Gasteiger partial charge in [-0.15, -0.1) is 0 Å². The van der Waals surface area contributed by atoms with Crippen molar-refractivity contribution >= 4 is 5.69 Å². The van der Waals surface area contributed by atoms with Gasteiger partial charge in [0.05, 0.1) is 45.4 Å². The molecular formula is C101H188N8O6. The number of aliphatic hydroxyl groups is 1. The summed E-state index contributed by atoms with van der Waals surface area (Å²) >= 11 is 0. The van der Waals surface area contributed by atoms with Gasteiger partial charge in [-0.3, -0.25) is 9.80 Å². The summed E-state index contributed by atoms with van der Waals surface area (Å²) in [5.74, 6) is 8.21. The van der Waals surface area contributed by atoms with Crippen molar-refractivity contribution < 1.29 is 28.8 Å². The summed E-state index contributed by atoms with van der Waals surface area (Å²) < 4.78 is 26.1. The van der Waals surface area contributed by atoms with Gasteiger partial charge in [0.2, 0.25) is 0 Å². The molecule has 0 saturated carbocycles. The molecule has 115 heavy (non-hydrogen) atoms. The van der Waals surface area contributed by atoms with Gasteiger partial charge in [0.1, 0.15) is 5.75 Å². The number of rotatable bonds is 16. The van der Waals surface area contributed by atoms with Crippen molar-refractivity contribution in [3.05, 3.63) is 121 Å². The topological polar surface area (TPSA) is 101 Å². The fourth-order valence-electron chi connectivity index (χ4n) is 14.8. The molecule has 14 nitrogen and oxygen atoms in total. The Morgan fingerprint density at radius 1 is 0.435 bits per heavy atom. The van der Waals surface area contributed by atoms with E-state index in [1.807, 2.05) is 68.6 Å². The van der Waals surface area contributed by atoms with Crippen LogP contribution in [0.15, 0.2) is 115 Å². The third-order valence-corrected chi connectivity index (χ3v) is 23.2. The Morgan fingerprint density at radius 3 is 1.24 bits per heavy atom. The number of allylic oxidation sites excluding steroid dienone is 1. The minimum atomic E-state index is 0.266. The molecule has 12 rings (SSSR count). The van der Waals surface area contributed by atoms with E-state index in [1.54, 1.807) is 5.57 Å². The summed E-state index contributed by atoms with van der Waals surface area (Å²) in [7, 11) is 2.19. The number of hydrogen-bond donors (Lipinski definition) is 2. The lowest BCUT2D eigenvalue weighted by atomic mass is 9.89. The van der Waals surface area contributed by atoms with E-state index in [0.29, 0.717) is 36.6 Å². The second kappa shape index (κ2) is 67.7. The zero-order valence-electron chi connectivity index (χ0n) is 80.1. The van der Waals surface area contributed by atoms with Crippen LogP contribution in [0.5, 0.6) is 5.75 Å². The zero-order valence-corrected chi connectivity index (χ0v) is 80.1. The number of anilines is 1. The van der Waals surface area contributed by atoms with Gasteiger partial charge in [0, 0.05) is 114 Å². The van der Waals surface area contributed by atoms with E-state index in [-0.39, 0.29) is 6.10 Å². The molecule has 0 spiro atoms. The summed E-state index contributed by atoms with van der Waals surface area (Å²) in [6.07, 6.45) is 23.4. The van der Waals surface area contributed by atoms with Crippen molar-refractivity contribution in [3.63, 3.8) is 0 Å². The zero-order chi connectivity index (χ0) is 85.9. The monoisotopic (exact) mass is 1610 g/mol. The van der Waals surface area contributed by atoms with Crippen LogP contribution >= 0.6 is 0 Å². The molecule has 7 saturated heterocycles. The number of nitrogens with one attached hydrogen (secondary N) is 1. The third-order valence-electron chi connectivity index (χ3n) is 23.2. The minimum Gasteiger partial charge on any atom is -0.501 e. The van der Waals surface area contributed by atoms with Gasteiger partial charge in [-0.25, -0.2) is 0 Å². The number of piperazine rings is 1. The van der Waals surface area contributed by atoms with Crippen molar-refractivity contribution in [1.82, 2.24) is 34.3 Å². The second-order valence-corrected chi connectivity index (χ2v) is 37.5. The van der Waals surface area contributed by atoms with Gasteiger partial charge in [0.15, 0.2) is 0 Å². The number of ether oxygens (including phenoxy) is 5. The maximum atomic E-state index is 8.90. The molecule has 2 atom stereocenters. The number of para-hydroxylation sites is 2. The molecule has 0 radical (unpaired) electrons. The Morgan fingerprint density at radius 2 is 0.887 bits per heavy atom. The van der Waals surface area contributed by atoms with E-state index in [9.17, 15) is 0 Å². The Hall–Kier alpha value is -3.90. The van der Waals surface area contributed by atoms with E-state index in [2.05, 4.69) is 267 Å². The van der Waals surface area contributed by atoms with Crippen LogP contribution in [0.1, 0.15) is 263 Å². The predicted octanol–water partition coefficient (Wildman–Crippen LogP) is 22.3. The molecule has 668 valence electrons. The molecule has 2 unspecified atom stereocenters. The van der Waals surface area contributed by atoms with E-state index >= 15 is 0 Å². The molecule has 0 amide bonds. The lowest BCUT2D eigenvalue weighted by Gasteiger charge is -2.34. The first-order valence-electron chi connectivity index (χ1n) is 46.7. The Kier molecular flexibility index (Phi) is 64.3. The van der Waals surface area contributed by atoms with Gasteiger partial charge in [0.25, 0.3) is 0 Å². The predicted molar refractivity (Wildman–Crippen MR) is 502 cm³/mol. The lowest BCUT2D eigenvalue weighted by molar-refractivity contribution is 0.0238. The number of likely N-dealkylation sites (N-methyl/N-ethyl adjacent to an activating group) is 1. The van der Waals surface area contributed by atoms with Crippen molar-refractivity contribution in [2.75, 3.05) is 157 Å². The van der Waals surface area contributed by atoms with E-state index < -0.39 is 0 Å². The van der Waals surface area contributed by atoms with Crippen LogP contribution in [0.25, 0.3) is 0 Å². The summed E-state index contributed by atoms with van der Waals surface area (Å²) in [4.78, 5) is 17.5. The summed E-state index contributed by atoms with van der Waals surface area (Å²) in [5, 5.41) is 12.2. The third kappa shape index (κ3) is 57.9. The first-order chi connectivity index (χ1) is 54.7. The molecular weight excluding hydrogens is 1420 g/mol. The molecule has 7 fully saturated rings. The van der Waals surface area contributed by atoms with Gasteiger partial charge in [-0.1, -0.05) is 154 Å². The molecule has 2 N–H and O–H groups in total. The summed E-state index contributed by atoms with van der Waals surface area (Å²) in [5.41, 5.74) is 4.19. The fourth-order valence-corrected chi connectivity index (χ4v) is 14.8. The Balaban J connectivity index is 0.000000628. The number of morpholine rings is 1. The average Bonchev–Trinajstić information content (AvgIpc) is 1.76. The van der Waals surface area contributed by atoms with E-state index in [1.165, 1.54) is 167 Å². The normalized spacial score (nSPS) is 20.4. The highest BCUT2D eigenvalue weighted by molar-refractivity contribution is 5.43. The van der Waals surface area contributed by atoms with Crippen molar-refractivity contribution in [2.24, 2.45) is 53.3 Å². The molecule has 9 aliphatic rings. The van der Waals surface area contributed by atoms with E-state index in [4.69, 9.17) is 28.8 Å². The lowest BCUT2D eigenvalue weighted by Crippen LogP contribution is -2.47. The second-order valence-electron chi connectivity index (χ2n) is 37.5. The first kappa shape index (κ1) is 109. The van der Waals surface area contributed by atoms with Crippen molar-refractivity contribution in [2.45, 2.75) is 312 Å². The van der Waals surface area contributed by atoms with E-state index in [0.717, 1.165) is 137 Å². The standard InChI is InChI=1S/C10H14.C9H19NO.C9H19N.C9H13N.C9H12O.C8H18N2.2C8H17N.C8H16O.2C8H14O.C7H15NO/c1-9(2)8-10-6-4-3-5-7-10;1-8(2)10-5-3-9(7-11)4-6-10;1-8(2)10-6-4-9(3)5-7-10;2*1-8(2)10-9-6-4-3-5-7-9;1-8(2)10-6-4-9(3)5-7-10;1-7(2)9-5-4-8(3)6-9;1-8(2)9-6-4-3-5-7-9;4*1-7(2)8-3-5-9-6-4-8/h3-7,9H,8H2,1-2H3;8-9,11H,3-7H2,1-2H3;8-9H,4-7H2,1-3H3;3-8,10H,1-2H3;3-8H,1-2H3;8H,4-7H2,1-3H3;7-8H,4-6H2,1-3H3;8H,3-7H2,1-2H3;7-8H,3-6H2,1-2H3;3,7H,4-6H2,1-2H3;3,5,7-8H,4,6H2,1-2H3;7H,3-6H2,1-2H3. The molecule has 3 aromatic rings. The number of nitrogens with zero attached hydrogens (tertiary/aromatic N) is 7. The van der Waals surface area contributed by atoms with Crippen LogP contribution in [-0.2, 0) is 25.4 Å². The molecule has 0 aliphatic carbocycles. The quantitative estimate of drug-likeness (QED) is 0.133. The first-order valence-corrected chi connectivity index (χ1v) is 46.7. The number of piperidine rings is 3. The smallest absolute Gasteiger partial charge is 0.119 e. The average molecular weight is 1610 g/mol. The van der Waals surface area contributed by atoms with Crippen LogP contribution < -0.4 is 10.1 Å². The Labute approximate surface area is 713 Å². The van der Waals surface area contributed by atoms with Crippen LogP contribution in [0.4, 0.5) is 5.69 Å². The number of benzene rings is 3. The number of likely N-dealkylation sites (tertiary alicyclic amines) is 4. The Bertz CT molecular complexity index is 2450. The highest BCUT2D eigenvalue weighted by atomic mass is 16.5. The molecule has 9 aliphatic heterocycles. The molecule has 0 aromatic heterocycles. The molecule has 0 bridgehead atoms. The highest BCUT2D eigenvalue weighted by Crippen LogP contribution is 2.25. The molecule has 14 heteroatoms. The van der Waals surface area contributed by atoms with Crippen molar-refractivity contribution in [1.29, 1.82) is 0 Å². The number of hydrogen-bond acceptors (Lipinski definition) is 14.